The summed E-state index contributed by atoms with van der Waals surface area (Å²) >= 11 is 5.04. The first kappa shape index (κ1) is 9.77. The zero-order valence-corrected chi connectivity index (χ0v) is 7.64. The number of likely N-dealkylation sites (tertiary alicyclic amines) is 1. The van der Waals surface area contributed by atoms with Crippen molar-refractivity contribution < 1.29 is 9.63 Å². The Hall–Kier alpha value is -0.320. The van der Waals surface area contributed by atoms with Gasteiger partial charge in [-0.3, -0.25) is 9.63 Å². The molecule has 0 bridgehead atoms. The van der Waals surface area contributed by atoms with Crippen molar-refractivity contribution in [3.05, 3.63) is 0 Å². The number of hydrogen-bond donors (Lipinski definition) is 1. The van der Waals surface area contributed by atoms with Crippen LogP contribution < -0.4 is 5.00 Å². The van der Waals surface area contributed by atoms with Gasteiger partial charge in [0.2, 0.25) is 0 Å². The van der Waals surface area contributed by atoms with E-state index in [0.29, 0.717) is 0 Å². The average Bonchev–Trinajstić information content (AvgIpc) is 2.15. The zero-order chi connectivity index (χ0) is 8.81. The monoisotopic (exact) mass is 192 g/mol. The molecule has 5 heteroatoms. The van der Waals surface area contributed by atoms with Crippen molar-refractivity contribution in [3.8, 4) is 0 Å². The van der Waals surface area contributed by atoms with E-state index in [1.807, 2.05) is 5.00 Å². The molecule has 1 rings (SSSR count). The fraction of sp³-hybridized carbons (Fsp3) is 0.857. The van der Waals surface area contributed by atoms with Crippen molar-refractivity contribution in [3.63, 3.8) is 0 Å². The van der Waals surface area contributed by atoms with E-state index in [2.05, 4.69) is 4.84 Å². The van der Waals surface area contributed by atoms with Gasteiger partial charge in [0.1, 0.15) is 6.61 Å². The quantitative estimate of drug-likeness (QED) is 0.528. The van der Waals surface area contributed by atoms with Crippen LogP contribution in [-0.2, 0) is 9.63 Å². The molecule has 0 spiro atoms. The number of piperidine rings is 1. The van der Waals surface area contributed by atoms with Gasteiger partial charge in [-0.25, -0.2) is 0 Å². The van der Waals surface area contributed by atoms with Gasteiger partial charge >= 0.3 is 0 Å². The minimum Gasteiger partial charge on any atom is -0.341 e. The summed E-state index contributed by atoms with van der Waals surface area (Å²) in [6, 6.07) is 0. The molecule has 1 amide bonds. The fourth-order valence-electron chi connectivity index (χ4n) is 1.32. The lowest BCUT2D eigenvalue weighted by Crippen LogP contribution is -2.38. The third-order valence-electron chi connectivity index (χ3n) is 1.96. The molecule has 4 nitrogen and oxygen atoms in total. The fourth-order valence-corrected chi connectivity index (χ4v) is 1.38. The lowest BCUT2D eigenvalue weighted by molar-refractivity contribution is -0.138. The van der Waals surface area contributed by atoms with E-state index in [-0.39, 0.29) is 12.5 Å². The van der Waals surface area contributed by atoms with Gasteiger partial charge in [-0.05, 0) is 19.3 Å². The highest BCUT2D eigenvalue weighted by molar-refractivity contribution is 6.12. The Morgan fingerprint density at radius 3 is 2.67 bits per heavy atom. The Balaban J connectivity index is 2.20. The minimum atomic E-state index is 0.00264. The molecular weight excluding hydrogens is 180 g/mol. The summed E-state index contributed by atoms with van der Waals surface area (Å²) in [6.07, 6.45) is 3.42. The van der Waals surface area contributed by atoms with Crippen molar-refractivity contribution >= 4 is 17.7 Å². The molecule has 0 atom stereocenters. The van der Waals surface area contributed by atoms with Crippen LogP contribution in [0.2, 0.25) is 0 Å². The third kappa shape index (κ3) is 2.97. The Kier molecular flexibility index (Phi) is 4.35. The first-order valence-corrected chi connectivity index (χ1v) is 4.47. The van der Waals surface area contributed by atoms with E-state index in [1.54, 1.807) is 4.90 Å². The first-order chi connectivity index (χ1) is 5.84. The van der Waals surface area contributed by atoms with E-state index in [0.717, 1.165) is 25.9 Å². The highest BCUT2D eigenvalue weighted by Gasteiger charge is 2.15. The summed E-state index contributed by atoms with van der Waals surface area (Å²) in [6.45, 7) is 1.72. The van der Waals surface area contributed by atoms with Crippen LogP contribution in [-0.4, -0.2) is 30.5 Å². The molecule has 0 saturated carbocycles. The van der Waals surface area contributed by atoms with Gasteiger partial charge < -0.3 is 4.90 Å². The van der Waals surface area contributed by atoms with E-state index in [9.17, 15) is 4.79 Å². The standard InChI is InChI=1S/C7H13ClN2O2/c8-9-12-6-7(11)10-4-2-1-3-5-10/h9H,1-6H2. The van der Waals surface area contributed by atoms with Crippen molar-refractivity contribution in [1.29, 1.82) is 0 Å². The SMILES string of the molecule is O=C(CONCl)N1CCCCC1. The molecular formula is C7H13ClN2O2. The molecule has 1 fully saturated rings. The summed E-state index contributed by atoms with van der Waals surface area (Å²) in [5.41, 5.74) is 0. The zero-order valence-electron chi connectivity index (χ0n) is 6.88. The largest absolute Gasteiger partial charge is 0.341 e. The van der Waals surface area contributed by atoms with E-state index in [1.165, 1.54) is 6.42 Å². The van der Waals surface area contributed by atoms with Crippen LogP contribution in [0.5, 0.6) is 0 Å². The van der Waals surface area contributed by atoms with Gasteiger partial charge in [0, 0.05) is 24.9 Å². The number of nitrogens with one attached hydrogen (secondary N) is 1. The Bertz CT molecular complexity index is 148. The highest BCUT2D eigenvalue weighted by atomic mass is 35.5. The molecule has 0 aliphatic carbocycles. The van der Waals surface area contributed by atoms with Gasteiger partial charge in [0.25, 0.3) is 5.91 Å². The number of halogens is 1. The molecule has 1 saturated heterocycles. The second-order valence-corrected chi connectivity index (χ2v) is 2.96. The number of carbonyl (C=O) groups excluding carboxylic acids is 1. The summed E-state index contributed by atoms with van der Waals surface area (Å²) < 4.78 is 0. The van der Waals surface area contributed by atoms with Crippen LogP contribution in [0.15, 0.2) is 0 Å². The lowest BCUT2D eigenvalue weighted by atomic mass is 10.1. The average molecular weight is 193 g/mol. The van der Waals surface area contributed by atoms with Crippen LogP contribution in [0.1, 0.15) is 19.3 Å². The molecule has 0 radical (unpaired) electrons. The van der Waals surface area contributed by atoms with Crippen LogP contribution in [0.25, 0.3) is 0 Å². The summed E-state index contributed by atoms with van der Waals surface area (Å²) in [7, 11) is 0. The van der Waals surface area contributed by atoms with Gasteiger partial charge in [0.15, 0.2) is 0 Å². The Labute approximate surface area is 76.9 Å². The smallest absolute Gasteiger partial charge is 0.250 e. The van der Waals surface area contributed by atoms with Gasteiger partial charge in [-0.1, -0.05) is 0 Å². The molecule has 70 valence electrons. The minimum absolute atomic E-state index is 0.00264. The van der Waals surface area contributed by atoms with Crippen molar-refractivity contribution in [2.24, 2.45) is 0 Å². The predicted molar refractivity (Wildman–Crippen MR) is 45.4 cm³/mol. The van der Waals surface area contributed by atoms with Crippen molar-refractivity contribution in [2.75, 3.05) is 19.7 Å². The summed E-state index contributed by atoms with van der Waals surface area (Å²) in [5.74, 6) is 0.00264. The van der Waals surface area contributed by atoms with Crippen LogP contribution >= 0.6 is 11.8 Å². The molecule has 0 aromatic rings. The molecule has 0 aromatic carbocycles. The Morgan fingerprint density at radius 2 is 2.08 bits per heavy atom. The first-order valence-electron chi connectivity index (χ1n) is 4.10. The maximum Gasteiger partial charge on any atom is 0.250 e. The maximum atomic E-state index is 11.3. The molecule has 1 aliphatic rings. The predicted octanol–water partition coefficient (Wildman–Crippen LogP) is 0.674. The van der Waals surface area contributed by atoms with Gasteiger partial charge in [-0.15, -0.1) is 5.00 Å². The normalized spacial score (nSPS) is 17.9. The van der Waals surface area contributed by atoms with Crippen molar-refractivity contribution in [1.82, 2.24) is 9.90 Å². The topological polar surface area (TPSA) is 41.6 Å². The van der Waals surface area contributed by atoms with Crippen molar-refractivity contribution in [2.45, 2.75) is 19.3 Å². The highest BCUT2D eigenvalue weighted by Crippen LogP contribution is 2.08. The molecule has 0 aromatic heterocycles. The van der Waals surface area contributed by atoms with Crippen LogP contribution in [0.4, 0.5) is 0 Å². The van der Waals surface area contributed by atoms with E-state index < -0.39 is 0 Å². The molecule has 0 unspecified atom stereocenters. The summed E-state index contributed by atoms with van der Waals surface area (Å²) in [4.78, 5) is 19.6. The van der Waals surface area contributed by atoms with Gasteiger partial charge in [-0.2, -0.15) is 0 Å². The number of rotatable bonds is 3. The number of hydrogen-bond acceptors (Lipinski definition) is 3. The molecule has 1 aliphatic heterocycles. The third-order valence-corrected chi connectivity index (χ3v) is 2.07. The van der Waals surface area contributed by atoms with Gasteiger partial charge in [0.05, 0.1) is 0 Å². The molecule has 12 heavy (non-hydrogen) atoms. The number of nitrogens with zero attached hydrogens (tertiary/aromatic N) is 1. The number of amides is 1. The molecule has 1 N–H and O–H groups in total. The lowest BCUT2D eigenvalue weighted by Gasteiger charge is -2.26. The summed E-state index contributed by atoms with van der Waals surface area (Å²) in [5, 5.41) is 0. The van der Waals surface area contributed by atoms with Crippen LogP contribution in [0, 0.1) is 0 Å². The second kappa shape index (κ2) is 5.35. The van der Waals surface area contributed by atoms with Crippen LogP contribution in [0.3, 0.4) is 0 Å². The number of carbonyl (C=O) groups is 1. The van der Waals surface area contributed by atoms with E-state index in [4.69, 9.17) is 11.8 Å². The Morgan fingerprint density at radius 1 is 1.42 bits per heavy atom. The second-order valence-electron chi connectivity index (χ2n) is 2.81. The maximum absolute atomic E-state index is 11.3. The molecule has 1 heterocycles. The van der Waals surface area contributed by atoms with E-state index >= 15 is 0 Å².